The third-order valence-electron chi connectivity index (χ3n) is 2.43. The maximum atomic E-state index is 5.65. The molecule has 0 aromatic carbocycles. The van der Waals surface area contributed by atoms with Crippen molar-refractivity contribution in [2.75, 3.05) is 13.7 Å². The van der Waals surface area contributed by atoms with Gasteiger partial charge in [-0.3, -0.25) is 0 Å². The van der Waals surface area contributed by atoms with Gasteiger partial charge >= 0.3 is 0 Å². The molecule has 1 rings (SSSR count). The summed E-state index contributed by atoms with van der Waals surface area (Å²) in [6.07, 6.45) is 2.79. The van der Waals surface area contributed by atoms with Crippen LogP contribution in [0.4, 0.5) is 0 Å². The molecule has 0 unspecified atom stereocenters. The van der Waals surface area contributed by atoms with Gasteiger partial charge in [-0.05, 0) is 24.9 Å². The fraction of sp³-hybridized carbons (Fsp3) is 0.692. The normalized spacial score (nSPS) is 12.0. The second-order valence-corrected chi connectivity index (χ2v) is 5.26. The molecule has 0 bridgehead atoms. The predicted octanol–water partition coefficient (Wildman–Crippen LogP) is 2.95. The third kappa shape index (κ3) is 4.81. The maximum Gasteiger partial charge on any atom is 0.123 e. The second-order valence-electron chi connectivity index (χ2n) is 5.26. The third-order valence-corrected chi connectivity index (χ3v) is 2.43. The monoisotopic (exact) mass is 225 g/mol. The first kappa shape index (κ1) is 13.3. The van der Waals surface area contributed by atoms with Crippen LogP contribution >= 0.6 is 0 Å². The zero-order chi connectivity index (χ0) is 12.0. The molecule has 16 heavy (non-hydrogen) atoms. The molecule has 1 heterocycles. The van der Waals surface area contributed by atoms with Gasteiger partial charge in [-0.1, -0.05) is 20.8 Å². The largest absolute Gasteiger partial charge is 0.468 e. The number of hydrogen-bond acceptors (Lipinski definition) is 3. The Bertz CT molecular complexity index is 299. The molecular weight excluding hydrogens is 202 g/mol. The molecule has 0 spiro atoms. The SMILES string of the molecule is CNCc1occc1COCCC(C)(C)C. The molecule has 0 aliphatic heterocycles. The molecule has 0 radical (unpaired) electrons. The Labute approximate surface area is 98.2 Å². The van der Waals surface area contributed by atoms with Crippen molar-refractivity contribution in [3.8, 4) is 0 Å². The molecule has 0 saturated heterocycles. The minimum absolute atomic E-state index is 0.338. The van der Waals surface area contributed by atoms with E-state index in [1.54, 1.807) is 6.26 Å². The quantitative estimate of drug-likeness (QED) is 0.756. The molecule has 1 aromatic rings. The average molecular weight is 225 g/mol. The Morgan fingerprint density at radius 2 is 2.12 bits per heavy atom. The summed E-state index contributed by atoms with van der Waals surface area (Å²) >= 11 is 0. The van der Waals surface area contributed by atoms with Gasteiger partial charge in [0.15, 0.2) is 0 Å². The van der Waals surface area contributed by atoms with E-state index in [4.69, 9.17) is 9.15 Å². The van der Waals surface area contributed by atoms with Crippen LogP contribution in [-0.2, 0) is 17.9 Å². The topological polar surface area (TPSA) is 34.4 Å². The highest BCUT2D eigenvalue weighted by molar-refractivity contribution is 5.15. The Morgan fingerprint density at radius 1 is 1.38 bits per heavy atom. The van der Waals surface area contributed by atoms with Crippen molar-refractivity contribution in [1.29, 1.82) is 0 Å². The summed E-state index contributed by atoms with van der Waals surface area (Å²) < 4.78 is 11.0. The van der Waals surface area contributed by atoms with E-state index in [0.29, 0.717) is 12.0 Å². The zero-order valence-electron chi connectivity index (χ0n) is 10.8. The first-order valence-electron chi connectivity index (χ1n) is 5.80. The molecule has 3 heteroatoms. The lowest BCUT2D eigenvalue weighted by Crippen LogP contribution is -2.10. The summed E-state index contributed by atoms with van der Waals surface area (Å²) in [4.78, 5) is 0. The van der Waals surface area contributed by atoms with Gasteiger partial charge in [-0.2, -0.15) is 0 Å². The fourth-order valence-electron chi connectivity index (χ4n) is 1.37. The maximum absolute atomic E-state index is 5.65. The van der Waals surface area contributed by atoms with Gasteiger partial charge in [0.25, 0.3) is 0 Å². The summed E-state index contributed by atoms with van der Waals surface area (Å²) in [6.45, 7) is 8.87. The summed E-state index contributed by atoms with van der Waals surface area (Å²) in [5.74, 6) is 0.971. The van der Waals surface area contributed by atoms with Gasteiger partial charge in [0.05, 0.1) is 19.4 Å². The van der Waals surface area contributed by atoms with Gasteiger partial charge in [0.2, 0.25) is 0 Å². The summed E-state index contributed by atoms with van der Waals surface area (Å²) in [6, 6.07) is 1.98. The zero-order valence-corrected chi connectivity index (χ0v) is 10.8. The number of hydrogen-bond donors (Lipinski definition) is 1. The minimum atomic E-state index is 0.338. The van der Waals surface area contributed by atoms with Crippen molar-refractivity contribution in [2.45, 2.75) is 40.3 Å². The van der Waals surface area contributed by atoms with E-state index < -0.39 is 0 Å². The number of ether oxygens (including phenoxy) is 1. The second kappa shape index (κ2) is 6.06. The van der Waals surface area contributed by atoms with Gasteiger partial charge in [0.1, 0.15) is 5.76 Å². The number of furan rings is 1. The average Bonchev–Trinajstić information content (AvgIpc) is 2.60. The molecule has 92 valence electrons. The Kier molecular flexibility index (Phi) is 5.03. The van der Waals surface area contributed by atoms with Crippen LogP contribution in [0.5, 0.6) is 0 Å². The minimum Gasteiger partial charge on any atom is -0.468 e. The van der Waals surface area contributed by atoms with Crippen LogP contribution in [0.1, 0.15) is 38.5 Å². The van der Waals surface area contributed by atoms with E-state index in [2.05, 4.69) is 26.1 Å². The van der Waals surface area contributed by atoms with E-state index in [0.717, 1.165) is 30.9 Å². The Hall–Kier alpha value is -0.800. The van der Waals surface area contributed by atoms with Crippen molar-refractivity contribution >= 4 is 0 Å². The fourth-order valence-corrected chi connectivity index (χ4v) is 1.37. The molecule has 0 fully saturated rings. The van der Waals surface area contributed by atoms with Gasteiger partial charge in [-0.25, -0.2) is 0 Å². The van der Waals surface area contributed by atoms with Crippen LogP contribution in [-0.4, -0.2) is 13.7 Å². The summed E-state index contributed by atoms with van der Waals surface area (Å²) in [7, 11) is 1.91. The Balaban J connectivity index is 2.29. The molecular formula is C13H23NO2. The lowest BCUT2D eigenvalue weighted by atomic mass is 9.93. The molecule has 3 nitrogen and oxygen atoms in total. The van der Waals surface area contributed by atoms with Crippen LogP contribution in [0.2, 0.25) is 0 Å². The first-order valence-corrected chi connectivity index (χ1v) is 5.80. The van der Waals surface area contributed by atoms with Crippen molar-refractivity contribution in [1.82, 2.24) is 5.32 Å². The van der Waals surface area contributed by atoms with Crippen molar-refractivity contribution in [2.24, 2.45) is 5.41 Å². The highest BCUT2D eigenvalue weighted by atomic mass is 16.5. The van der Waals surface area contributed by atoms with Crippen LogP contribution in [0.15, 0.2) is 16.7 Å². The van der Waals surface area contributed by atoms with Gasteiger partial charge < -0.3 is 14.5 Å². The van der Waals surface area contributed by atoms with Crippen LogP contribution in [0, 0.1) is 5.41 Å². The van der Waals surface area contributed by atoms with E-state index in [1.807, 2.05) is 13.1 Å². The molecule has 1 N–H and O–H groups in total. The molecule has 0 atom stereocenters. The van der Waals surface area contributed by atoms with Crippen LogP contribution in [0.25, 0.3) is 0 Å². The first-order chi connectivity index (χ1) is 7.53. The van der Waals surface area contributed by atoms with E-state index in [9.17, 15) is 0 Å². The predicted molar refractivity (Wildman–Crippen MR) is 65.2 cm³/mol. The lowest BCUT2D eigenvalue weighted by molar-refractivity contribution is 0.0952. The smallest absolute Gasteiger partial charge is 0.123 e. The van der Waals surface area contributed by atoms with E-state index in [-0.39, 0.29) is 0 Å². The number of rotatable bonds is 6. The van der Waals surface area contributed by atoms with Crippen molar-refractivity contribution < 1.29 is 9.15 Å². The summed E-state index contributed by atoms with van der Waals surface area (Å²) in [5.41, 5.74) is 1.48. The van der Waals surface area contributed by atoms with Crippen molar-refractivity contribution in [3.05, 3.63) is 23.7 Å². The van der Waals surface area contributed by atoms with Crippen molar-refractivity contribution in [3.63, 3.8) is 0 Å². The molecule has 0 aliphatic rings. The lowest BCUT2D eigenvalue weighted by Gasteiger charge is -2.17. The molecule has 0 amide bonds. The summed E-state index contributed by atoms with van der Waals surface area (Å²) in [5, 5.41) is 3.08. The van der Waals surface area contributed by atoms with E-state index in [1.165, 1.54) is 0 Å². The number of nitrogens with one attached hydrogen (secondary N) is 1. The van der Waals surface area contributed by atoms with Gasteiger partial charge in [-0.15, -0.1) is 0 Å². The van der Waals surface area contributed by atoms with Crippen LogP contribution in [0.3, 0.4) is 0 Å². The molecule has 1 aromatic heterocycles. The highest BCUT2D eigenvalue weighted by Crippen LogP contribution is 2.19. The standard InChI is InChI=1S/C13H23NO2/c1-13(2,3)6-8-15-10-11-5-7-16-12(11)9-14-4/h5,7,14H,6,8-10H2,1-4H3. The Morgan fingerprint density at radius 3 is 2.75 bits per heavy atom. The molecule has 0 saturated carbocycles. The van der Waals surface area contributed by atoms with Gasteiger partial charge in [0, 0.05) is 12.2 Å². The van der Waals surface area contributed by atoms with Crippen LogP contribution < -0.4 is 5.32 Å². The molecule has 0 aliphatic carbocycles. The van der Waals surface area contributed by atoms with E-state index >= 15 is 0 Å². The highest BCUT2D eigenvalue weighted by Gasteiger charge is 2.10.